The molecule has 1 atom stereocenters. The maximum absolute atomic E-state index is 12.1. The number of hydrogen-bond acceptors (Lipinski definition) is 5. The lowest BCUT2D eigenvalue weighted by molar-refractivity contribution is -0.116. The zero-order valence-corrected chi connectivity index (χ0v) is 13.8. The molecule has 1 saturated heterocycles. The number of amides is 1. The Hall–Kier alpha value is -2.17. The zero-order valence-electron chi connectivity index (χ0n) is 13.0. The SMILES string of the molecule is Cn1cc([C@@H]2CCCN2CCC(=O)Nc2sccc2C#N)cn1. The molecule has 0 aliphatic carbocycles. The quantitative estimate of drug-likeness (QED) is 0.915. The van der Waals surface area contributed by atoms with Gasteiger partial charge in [-0.15, -0.1) is 11.3 Å². The molecular weight excluding hydrogens is 310 g/mol. The molecule has 2 aromatic rings. The summed E-state index contributed by atoms with van der Waals surface area (Å²) in [6, 6.07) is 4.16. The Balaban J connectivity index is 1.55. The predicted molar refractivity (Wildman–Crippen MR) is 89.0 cm³/mol. The Morgan fingerprint density at radius 1 is 1.61 bits per heavy atom. The maximum Gasteiger partial charge on any atom is 0.226 e. The molecule has 23 heavy (non-hydrogen) atoms. The van der Waals surface area contributed by atoms with E-state index in [-0.39, 0.29) is 5.91 Å². The van der Waals surface area contributed by atoms with Crippen LogP contribution in [-0.4, -0.2) is 33.7 Å². The van der Waals surface area contributed by atoms with Crippen molar-refractivity contribution in [2.75, 3.05) is 18.4 Å². The molecular formula is C16H19N5OS. The van der Waals surface area contributed by atoms with Crippen LogP contribution in [0.15, 0.2) is 23.8 Å². The van der Waals surface area contributed by atoms with E-state index in [2.05, 4.69) is 21.4 Å². The minimum Gasteiger partial charge on any atom is -0.317 e. The second kappa shape index (κ2) is 6.94. The van der Waals surface area contributed by atoms with Crippen LogP contribution in [-0.2, 0) is 11.8 Å². The fourth-order valence-corrected chi connectivity index (χ4v) is 3.77. The number of anilines is 1. The third kappa shape index (κ3) is 3.60. The number of aryl methyl sites for hydroxylation is 1. The number of carbonyl (C=O) groups is 1. The van der Waals surface area contributed by atoms with Crippen molar-refractivity contribution < 1.29 is 4.79 Å². The van der Waals surface area contributed by atoms with Gasteiger partial charge in [0.05, 0.1) is 11.8 Å². The number of carbonyl (C=O) groups excluding carboxylic acids is 1. The molecule has 0 spiro atoms. The van der Waals surface area contributed by atoms with Crippen LogP contribution < -0.4 is 5.32 Å². The van der Waals surface area contributed by atoms with Gasteiger partial charge in [0.15, 0.2) is 0 Å². The molecule has 7 heteroatoms. The Morgan fingerprint density at radius 3 is 3.22 bits per heavy atom. The topological polar surface area (TPSA) is 74.0 Å². The highest BCUT2D eigenvalue weighted by Crippen LogP contribution is 2.31. The molecule has 120 valence electrons. The first-order valence-electron chi connectivity index (χ1n) is 7.67. The molecule has 0 unspecified atom stereocenters. The molecule has 1 aliphatic rings. The van der Waals surface area contributed by atoms with E-state index in [1.807, 2.05) is 29.5 Å². The van der Waals surface area contributed by atoms with Gasteiger partial charge in [-0.3, -0.25) is 14.4 Å². The highest BCUT2D eigenvalue weighted by molar-refractivity contribution is 7.14. The van der Waals surface area contributed by atoms with E-state index >= 15 is 0 Å². The smallest absolute Gasteiger partial charge is 0.226 e. The molecule has 6 nitrogen and oxygen atoms in total. The monoisotopic (exact) mass is 329 g/mol. The Kier molecular flexibility index (Phi) is 4.74. The Morgan fingerprint density at radius 2 is 2.48 bits per heavy atom. The van der Waals surface area contributed by atoms with Crippen molar-refractivity contribution in [3.8, 4) is 6.07 Å². The number of nitrogens with one attached hydrogen (secondary N) is 1. The number of aromatic nitrogens is 2. The second-order valence-corrected chi connectivity index (χ2v) is 6.63. The van der Waals surface area contributed by atoms with Crippen molar-refractivity contribution >= 4 is 22.2 Å². The Bertz CT molecular complexity index is 729. The van der Waals surface area contributed by atoms with Crippen molar-refractivity contribution in [2.45, 2.75) is 25.3 Å². The normalized spacial score (nSPS) is 18.0. The summed E-state index contributed by atoms with van der Waals surface area (Å²) in [7, 11) is 1.92. The third-order valence-electron chi connectivity index (χ3n) is 4.14. The van der Waals surface area contributed by atoms with Gasteiger partial charge < -0.3 is 5.32 Å². The maximum atomic E-state index is 12.1. The van der Waals surface area contributed by atoms with E-state index in [9.17, 15) is 4.79 Å². The van der Waals surface area contributed by atoms with E-state index in [4.69, 9.17) is 5.26 Å². The molecule has 0 bridgehead atoms. The molecule has 2 aromatic heterocycles. The molecule has 0 radical (unpaired) electrons. The number of thiophene rings is 1. The number of rotatable bonds is 5. The molecule has 3 heterocycles. The Labute approximate surface area is 139 Å². The van der Waals surface area contributed by atoms with Crippen LogP contribution in [0.2, 0.25) is 0 Å². The number of likely N-dealkylation sites (tertiary alicyclic amines) is 1. The van der Waals surface area contributed by atoms with Crippen LogP contribution in [0.5, 0.6) is 0 Å². The van der Waals surface area contributed by atoms with E-state index < -0.39 is 0 Å². The van der Waals surface area contributed by atoms with E-state index in [0.717, 1.165) is 25.9 Å². The molecule has 1 N–H and O–H groups in total. The minimum atomic E-state index is -0.0409. The third-order valence-corrected chi connectivity index (χ3v) is 4.97. The average Bonchev–Trinajstić information content (AvgIpc) is 3.25. The summed E-state index contributed by atoms with van der Waals surface area (Å²) in [5.41, 5.74) is 1.74. The average molecular weight is 329 g/mol. The molecule has 1 aliphatic heterocycles. The van der Waals surface area contributed by atoms with Gasteiger partial charge in [0.25, 0.3) is 0 Å². The van der Waals surface area contributed by atoms with Crippen LogP contribution in [0.3, 0.4) is 0 Å². The fraction of sp³-hybridized carbons (Fsp3) is 0.438. The molecule has 3 rings (SSSR count). The molecule has 0 aromatic carbocycles. The van der Waals surface area contributed by atoms with Gasteiger partial charge in [0.2, 0.25) is 5.91 Å². The van der Waals surface area contributed by atoms with Crippen LogP contribution in [0.25, 0.3) is 0 Å². The second-order valence-electron chi connectivity index (χ2n) is 5.71. The van der Waals surface area contributed by atoms with Gasteiger partial charge in [-0.25, -0.2) is 0 Å². The van der Waals surface area contributed by atoms with Gasteiger partial charge in [-0.05, 0) is 30.8 Å². The first-order chi connectivity index (χ1) is 11.2. The number of nitrogens with zero attached hydrogens (tertiary/aromatic N) is 4. The minimum absolute atomic E-state index is 0.0409. The van der Waals surface area contributed by atoms with Crippen LogP contribution in [0.1, 0.15) is 36.4 Å². The van der Waals surface area contributed by atoms with E-state index in [0.29, 0.717) is 23.0 Å². The summed E-state index contributed by atoms with van der Waals surface area (Å²) in [6.07, 6.45) is 6.64. The summed E-state index contributed by atoms with van der Waals surface area (Å²) < 4.78 is 1.82. The molecule has 1 amide bonds. The number of hydrogen-bond donors (Lipinski definition) is 1. The van der Waals surface area contributed by atoms with Gasteiger partial charge in [-0.2, -0.15) is 10.4 Å². The van der Waals surface area contributed by atoms with Crippen molar-refractivity contribution in [3.05, 3.63) is 35.0 Å². The summed E-state index contributed by atoms with van der Waals surface area (Å²) in [4.78, 5) is 14.5. The van der Waals surface area contributed by atoms with Crippen LogP contribution in [0.4, 0.5) is 5.00 Å². The first kappa shape index (κ1) is 15.7. The van der Waals surface area contributed by atoms with E-state index in [1.165, 1.54) is 16.9 Å². The van der Waals surface area contributed by atoms with Gasteiger partial charge >= 0.3 is 0 Å². The van der Waals surface area contributed by atoms with Crippen molar-refractivity contribution in [3.63, 3.8) is 0 Å². The van der Waals surface area contributed by atoms with Gasteiger partial charge in [-0.1, -0.05) is 0 Å². The highest BCUT2D eigenvalue weighted by Gasteiger charge is 2.27. The van der Waals surface area contributed by atoms with Crippen LogP contribution >= 0.6 is 11.3 Å². The largest absolute Gasteiger partial charge is 0.317 e. The first-order valence-corrected chi connectivity index (χ1v) is 8.55. The number of nitriles is 1. The highest BCUT2D eigenvalue weighted by atomic mass is 32.1. The fourth-order valence-electron chi connectivity index (χ4n) is 3.01. The lowest BCUT2D eigenvalue weighted by Crippen LogP contribution is -2.27. The lowest BCUT2D eigenvalue weighted by Gasteiger charge is -2.23. The molecule has 0 saturated carbocycles. The van der Waals surface area contributed by atoms with Gasteiger partial charge in [0.1, 0.15) is 11.1 Å². The van der Waals surface area contributed by atoms with Crippen molar-refractivity contribution in [1.29, 1.82) is 5.26 Å². The summed E-state index contributed by atoms with van der Waals surface area (Å²) in [5.74, 6) is -0.0409. The molecule has 1 fully saturated rings. The van der Waals surface area contributed by atoms with E-state index in [1.54, 1.807) is 6.07 Å². The van der Waals surface area contributed by atoms with Crippen molar-refractivity contribution in [1.82, 2.24) is 14.7 Å². The zero-order chi connectivity index (χ0) is 16.2. The van der Waals surface area contributed by atoms with Crippen molar-refractivity contribution in [2.24, 2.45) is 7.05 Å². The summed E-state index contributed by atoms with van der Waals surface area (Å²) in [6.45, 7) is 1.73. The predicted octanol–water partition coefficient (Wildman–Crippen LogP) is 2.52. The summed E-state index contributed by atoms with van der Waals surface area (Å²) >= 11 is 1.38. The summed E-state index contributed by atoms with van der Waals surface area (Å²) in [5, 5.41) is 18.5. The lowest BCUT2D eigenvalue weighted by atomic mass is 10.1. The van der Waals surface area contributed by atoms with Gasteiger partial charge in [0, 0.05) is 37.8 Å². The van der Waals surface area contributed by atoms with Crippen LogP contribution in [0, 0.1) is 11.3 Å². The standard InChI is InChI=1S/C16H19N5OS/c1-20-11-13(10-18-20)14-3-2-6-21(14)7-4-15(22)19-16-12(9-17)5-8-23-16/h5,8,10-11,14H,2-4,6-7H2,1H3,(H,19,22)/t14-/m0/s1.